The van der Waals surface area contributed by atoms with Gasteiger partial charge in [0.2, 0.25) is 5.75 Å². The maximum absolute atomic E-state index is 14.3. The van der Waals surface area contributed by atoms with Gasteiger partial charge in [-0.2, -0.15) is 9.78 Å². The lowest BCUT2D eigenvalue weighted by atomic mass is 10.1. The number of nitrogens with zero attached hydrogens (tertiary/aromatic N) is 3. The summed E-state index contributed by atoms with van der Waals surface area (Å²) in [5.41, 5.74) is 2.34. The van der Waals surface area contributed by atoms with E-state index in [0.29, 0.717) is 54.4 Å². The number of aromatic nitrogens is 2. The maximum Gasteiger partial charge on any atom is 0.316 e. The van der Waals surface area contributed by atoms with Crippen LogP contribution in [0.1, 0.15) is 37.5 Å². The first-order chi connectivity index (χ1) is 16.4. The van der Waals surface area contributed by atoms with Crippen molar-refractivity contribution in [3.63, 3.8) is 0 Å². The maximum atomic E-state index is 14.3. The van der Waals surface area contributed by atoms with Crippen LogP contribution in [0.15, 0.2) is 59.5 Å². The summed E-state index contributed by atoms with van der Waals surface area (Å²) in [4.78, 5) is 15.7. The molecule has 5 rings (SSSR count). The zero-order valence-corrected chi connectivity index (χ0v) is 20.4. The van der Waals surface area contributed by atoms with Gasteiger partial charge in [0.1, 0.15) is 17.6 Å². The van der Waals surface area contributed by atoms with Gasteiger partial charge in [0.15, 0.2) is 0 Å². The average molecular weight is 484 g/mol. The monoisotopic (exact) mass is 483 g/mol. The summed E-state index contributed by atoms with van der Waals surface area (Å²) in [6, 6.07) is 14.2. The molecule has 0 saturated carbocycles. The summed E-state index contributed by atoms with van der Waals surface area (Å²) in [5, 5.41) is 4.59. The van der Waals surface area contributed by atoms with Gasteiger partial charge in [0.25, 0.3) is 0 Å². The van der Waals surface area contributed by atoms with E-state index in [2.05, 4.69) is 10.00 Å². The van der Waals surface area contributed by atoms with Crippen molar-refractivity contribution in [2.45, 2.75) is 38.0 Å². The van der Waals surface area contributed by atoms with Crippen LogP contribution in [0, 0.1) is 5.82 Å². The van der Waals surface area contributed by atoms with E-state index in [1.165, 1.54) is 10.7 Å². The van der Waals surface area contributed by atoms with Crippen LogP contribution in [0.5, 0.6) is 5.75 Å². The Kier molecular flexibility index (Phi) is 6.02. The number of hydrogen-bond acceptors (Lipinski definition) is 5. The number of fused-ring (bicyclic) bond motifs is 1. The summed E-state index contributed by atoms with van der Waals surface area (Å²) in [6.07, 6.45) is 2.43. The molecule has 1 aliphatic heterocycles. The molecule has 1 aromatic heterocycles. The highest BCUT2D eigenvalue weighted by Crippen LogP contribution is 2.38. The highest BCUT2D eigenvalue weighted by Gasteiger charge is 2.32. The average Bonchev–Trinajstić information content (AvgIpc) is 3.25. The molecular formula is C26H30FN3O3S. The Labute approximate surface area is 199 Å². The Morgan fingerprint density at radius 3 is 2.53 bits per heavy atom. The van der Waals surface area contributed by atoms with Gasteiger partial charge >= 0.3 is 5.56 Å². The first-order valence-electron chi connectivity index (χ1n) is 11.8. The van der Waals surface area contributed by atoms with Crippen LogP contribution in [0.25, 0.3) is 5.69 Å². The Balaban J connectivity index is 1.54. The van der Waals surface area contributed by atoms with Gasteiger partial charge in [-0.15, -0.1) is 0 Å². The van der Waals surface area contributed by atoms with Gasteiger partial charge in [0, 0.05) is 29.8 Å². The van der Waals surface area contributed by atoms with E-state index in [4.69, 9.17) is 4.74 Å². The van der Waals surface area contributed by atoms with Crippen LogP contribution in [0.4, 0.5) is 10.1 Å². The van der Waals surface area contributed by atoms with E-state index in [0.717, 1.165) is 5.56 Å². The summed E-state index contributed by atoms with van der Waals surface area (Å²) >= 11 is 0. The van der Waals surface area contributed by atoms with Crippen LogP contribution in [-0.4, -0.2) is 43.8 Å². The molecule has 1 aliphatic carbocycles. The standard InChI is InChI=1S/C26H30FN3O3S/c1-18(2)34(32)15-13-29(14-16-34)23-17-28-30(19-7-4-3-5-8-19)26(31)25(23)33-24-12-11-20-21(24)9-6-10-22(20)27/h3-10,17-18,24,34H,11-16H2,1-2H3. The van der Waals surface area contributed by atoms with Crippen LogP contribution < -0.4 is 15.2 Å². The van der Waals surface area contributed by atoms with Gasteiger partial charge in [-0.1, -0.05) is 54.1 Å². The van der Waals surface area contributed by atoms with E-state index in [1.807, 2.05) is 50.2 Å². The molecule has 1 unspecified atom stereocenters. The lowest BCUT2D eigenvalue weighted by molar-refractivity contribution is 0.203. The summed E-state index contributed by atoms with van der Waals surface area (Å²) in [7, 11) is -2.23. The molecular weight excluding hydrogens is 453 g/mol. The topological polar surface area (TPSA) is 64.4 Å². The number of para-hydroxylation sites is 1. The highest BCUT2D eigenvalue weighted by molar-refractivity contribution is 8.03. The smallest absolute Gasteiger partial charge is 0.316 e. The van der Waals surface area contributed by atoms with Crippen molar-refractivity contribution in [1.29, 1.82) is 0 Å². The summed E-state index contributed by atoms with van der Waals surface area (Å²) in [6.45, 7) is 5.20. The third kappa shape index (κ3) is 4.04. The summed E-state index contributed by atoms with van der Waals surface area (Å²) in [5.74, 6) is 1.18. The van der Waals surface area contributed by atoms with E-state index < -0.39 is 16.0 Å². The van der Waals surface area contributed by atoms with Crippen molar-refractivity contribution in [1.82, 2.24) is 9.78 Å². The Morgan fingerprint density at radius 2 is 1.82 bits per heavy atom. The minimum atomic E-state index is -2.23. The predicted molar refractivity (Wildman–Crippen MR) is 135 cm³/mol. The molecule has 0 bridgehead atoms. The van der Waals surface area contributed by atoms with E-state index in [9.17, 15) is 13.4 Å². The molecule has 0 N–H and O–H groups in total. The SMILES string of the molecule is CC(C)[SH]1(=O)CCN(c2cnn(-c3ccccc3)c(=O)c2OC2CCc3c(F)cccc32)CC1. The van der Waals surface area contributed by atoms with Crippen molar-refractivity contribution in [3.05, 3.63) is 82.0 Å². The normalized spacial score (nSPS) is 20.2. The third-order valence-electron chi connectivity index (χ3n) is 7.11. The van der Waals surface area contributed by atoms with E-state index in [-0.39, 0.29) is 22.4 Å². The molecule has 2 aromatic carbocycles. The molecule has 180 valence electrons. The van der Waals surface area contributed by atoms with Gasteiger partial charge in [-0.25, -0.2) is 4.39 Å². The number of thiol groups is 1. The van der Waals surface area contributed by atoms with E-state index in [1.54, 1.807) is 12.3 Å². The van der Waals surface area contributed by atoms with Gasteiger partial charge < -0.3 is 9.64 Å². The second-order valence-corrected chi connectivity index (χ2v) is 13.2. The van der Waals surface area contributed by atoms with Gasteiger partial charge in [-0.05, 0) is 42.2 Å². The minimum absolute atomic E-state index is 0.152. The van der Waals surface area contributed by atoms with Gasteiger partial charge in [-0.3, -0.25) is 9.00 Å². The highest BCUT2D eigenvalue weighted by atomic mass is 32.2. The van der Waals surface area contributed by atoms with Crippen LogP contribution in [-0.2, 0) is 16.4 Å². The fourth-order valence-corrected chi connectivity index (χ4v) is 7.33. The molecule has 6 nitrogen and oxygen atoms in total. The number of hydrogen-bond donors (Lipinski definition) is 1. The number of rotatable bonds is 5. The van der Waals surface area contributed by atoms with Crippen molar-refractivity contribution >= 4 is 15.6 Å². The lowest BCUT2D eigenvalue weighted by Gasteiger charge is -2.39. The Morgan fingerprint density at radius 1 is 1.09 bits per heavy atom. The largest absolute Gasteiger partial charge is 0.478 e. The van der Waals surface area contributed by atoms with Crippen molar-refractivity contribution in [2.24, 2.45) is 0 Å². The molecule has 1 saturated heterocycles. The fourth-order valence-electron chi connectivity index (χ4n) is 4.92. The molecule has 0 amide bonds. The first kappa shape index (κ1) is 22.8. The zero-order valence-electron chi connectivity index (χ0n) is 19.5. The van der Waals surface area contributed by atoms with Crippen molar-refractivity contribution in [3.8, 4) is 11.4 Å². The minimum Gasteiger partial charge on any atom is -0.478 e. The van der Waals surface area contributed by atoms with Gasteiger partial charge in [0.05, 0.1) is 11.9 Å². The predicted octanol–water partition coefficient (Wildman–Crippen LogP) is 3.68. The lowest BCUT2D eigenvalue weighted by Crippen LogP contribution is -2.47. The molecule has 2 heterocycles. The second-order valence-electron chi connectivity index (χ2n) is 9.34. The molecule has 2 aliphatic rings. The molecule has 1 atom stereocenters. The van der Waals surface area contributed by atoms with Crippen molar-refractivity contribution < 1.29 is 13.3 Å². The number of ether oxygens (including phenoxy) is 1. The number of benzene rings is 2. The van der Waals surface area contributed by atoms with Crippen LogP contribution in [0.3, 0.4) is 0 Å². The first-order valence-corrected chi connectivity index (χ1v) is 14.0. The van der Waals surface area contributed by atoms with Crippen LogP contribution in [0.2, 0.25) is 0 Å². The zero-order chi connectivity index (χ0) is 23.9. The molecule has 0 radical (unpaired) electrons. The number of anilines is 1. The summed E-state index contributed by atoms with van der Waals surface area (Å²) < 4.78 is 35.2. The molecule has 1 fully saturated rings. The quantitative estimate of drug-likeness (QED) is 0.561. The van der Waals surface area contributed by atoms with E-state index >= 15 is 0 Å². The molecule has 0 spiro atoms. The van der Waals surface area contributed by atoms with Crippen molar-refractivity contribution in [2.75, 3.05) is 29.5 Å². The Bertz CT molecular complexity index is 1300. The Hall–Kier alpha value is -3.00. The fraction of sp³-hybridized carbons (Fsp3) is 0.385. The van der Waals surface area contributed by atoms with Crippen LogP contribution >= 0.6 is 0 Å². The second kappa shape index (κ2) is 8.98. The third-order valence-corrected chi connectivity index (χ3v) is 10.9. The molecule has 8 heteroatoms. The molecule has 34 heavy (non-hydrogen) atoms. The molecule has 3 aromatic rings. The number of halogens is 1.